The molecule has 2 rings (SSSR count). The van der Waals surface area contributed by atoms with Crippen LogP contribution in [0.1, 0.15) is 15.9 Å². The third-order valence-corrected chi connectivity index (χ3v) is 3.17. The highest BCUT2D eigenvalue weighted by Gasteiger charge is 2.16. The maximum atomic E-state index is 13.6. The van der Waals surface area contributed by atoms with Crippen molar-refractivity contribution in [2.24, 2.45) is 0 Å². The maximum absolute atomic E-state index is 13.6. The summed E-state index contributed by atoms with van der Waals surface area (Å²) in [5, 5.41) is 8.60. The van der Waals surface area contributed by atoms with Gasteiger partial charge in [0.15, 0.2) is 6.61 Å². The van der Waals surface area contributed by atoms with Gasteiger partial charge in [-0.25, -0.2) is 4.39 Å². The maximum Gasteiger partial charge on any atom is 0.276 e. The van der Waals surface area contributed by atoms with Gasteiger partial charge in [-0.3, -0.25) is 20.4 Å². The van der Waals surface area contributed by atoms with E-state index in [4.69, 9.17) is 21.6 Å². The quantitative estimate of drug-likeness (QED) is 0.829. The molecular formula is C16H11ClFN3O3. The molecule has 0 bridgehead atoms. The lowest BCUT2D eigenvalue weighted by atomic mass is 10.2. The Labute approximate surface area is 141 Å². The van der Waals surface area contributed by atoms with Crippen molar-refractivity contribution in [2.75, 3.05) is 6.61 Å². The highest BCUT2D eigenvalue weighted by atomic mass is 35.5. The summed E-state index contributed by atoms with van der Waals surface area (Å²) in [5.41, 5.74) is 4.23. The lowest BCUT2D eigenvalue weighted by Crippen LogP contribution is -2.44. The van der Waals surface area contributed by atoms with Gasteiger partial charge >= 0.3 is 0 Å². The molecule has 0 saturated heterocycles. The number of rotatable bonds is 4. The third kappa shape index (κ3) is 4.44. The first kappa shape index (κ1) is 17.2. The molecule has 0 saturated carbocycles. The van der Waals surface area contributed by atoms with Crippen LogP contribution in [-0.2, 0) is 4.79 Å². The Bertz CT molecular complexity index is 783. The number of benzene rings is 2. The normalized spacial score (nSPS) is 9.71. The van der Waals surface area contributed by atoms with E-state index in [0.717, 1.165) is 6.07 Å². The number of hydrazine groups is 1. The van der Waals surface area contributed by atoms with Crippen LogP contribution in [0.4, 0.5) is 4.39 Å². The SMILES string of the molecule is N#Cc1ccc(OCC(=O)NNC(=O)c2c(F)cccc2Cl)cc1. The minimum atomic E-state index is -0.884. The lowest BCUT2D eigenvalue weighted by molar-refractivity contribution is -0.123. The Kier molecular flexibility index (Phi) is 5.71. The first-order valence-electron chi connectivity index (χ1n) is 6.67. The standard InChI is InChI=1S/C16H11ClFN3O3/c17-12-2-1-3-13(18)15(12)16(23)21-20-14(22)9-24-11-6-4-10(8-19)5-7-11/h1-7H,9H2,(H,20,22)(H,21,23). The number of nitriles is 1. The average Bonchev–Trinajstić information content (AvgIpc) is 2.58. The summed E-state index contributed by atoms with van der Waals surface area (Å²) in [6.07, 6.45) is 0. The molecule has 0 aliphatic carbocycles. The van der Waals surface area contributed by atoms with Crippen LogP contribution in [0, 0.1) is 17.1 Å². The van der Waals surface area contributed by atoms with E-state index in [9.17, 15) is 14.0 Å². The first-order chi connectivity index (χ1) is 11.5. The summed E-state index contributed by atoms with van der Waals surface area (Å²) in [7, 11) is 0. The molecule has 2 amide bonds. The van der Waals surface area contributed by atoms with Gasteiger partial charge in [-0.1, -0.05) is 17.7 Å². The highest BCUT2D eigenvalue weighted by Crippen LogP contribution is 2.18. The number of carbonyl (C=O) groups excluding carboxylic acids is 2. The molecule has 2 N–H and O–H groups in total. The van der Waals surface area contributed by atoms with Crippen LogP contribution in [0.2, 0.25) is 5.02 Å². The zero-order valence-electron chi connectivity index (χ0n) is 12.2. The first-order valence-corrected chi connectivity index (χ1v) is 7.05. The van der Waals surface area contributed by atoms with Gasteiger partial charge in [0, 0.05) is 0 Å². The Morgan fingerprint density at radius 1 is 1.17 bits per heavy atom. The number of nitrogens with one attached hydrogen (secondary N) is 2. The topological polar surface area (TPSA) is 91.2 Å². The molecular weight excluding hydrogens is 337 g/mol. The Balaban J connectivity index is 1.84. The molecule has 0 aromatic heterocycles. The molecule has 0 atom stereocenters. The Morgan fingerprint density at radius 2 is 1.88 bits per heavy atom. The molecule has 0 aliphatic rings. The molecule has 0 unspecified atom stereocenters. The van der Waals surface area contributed by atoms with E-state index >= 15 is 0 Å². The number of carbonyl (C=O) groups is 2. The van der Waals surface area contributed by atoms with E-state index < -0.39 is 17.6 Å². The minimum absolute atomic E-state index is 0.0735. The zero-order chi connectivity index (χ0) is 17.5. The molecule has 24 heavy (non-hydrogen) atoms. The van der Waals surface area contributed by atoms with Crippen molar-refractivity contribution in [3.05, 3.63) is 64.4 Å². The molecule has 2 aromatic rings. The molecule has 0 spiro atoms. The van der Waals surface area contributed by atoms with Crippen LogP contribution in [0.3, 0.4) is 0 Å². The average molecular weight is 348 g/mol. The smallest absolute Gasteiger partial charge is 0.276 e. The minimum Gasteiger partial charge on any atom is -0.484 e. The van der Waals surface area contributed by atoms with Crippen molar-refractivity contribution in [1.82, 2.24) is 10.9 Å². The number of hydrogen-bond donors (Lipinski definition) is 2. The van der Waals surface area contributed by atoms with Crippen LogP contribution in [0.5, 0.6) is 5.75 Å². The Morgan fingerprint density at radius 3 is 2.50 bits per heavy atom. The molecule has 0 fully saturated rings. The van der Waals surface area contributed by atoms with E-state index in [-0.39, 0.29) is 17.2 Å². The molecule has 0 radical (unpaired) electrons. The predicted molar refractivity (Wildman–Crippen MR) is 83.7 cm³/mol. The van der Waals surface area contributed by atoms with Crippen molar-refractivity contribution in [3.8, 4) is 11.8 Å². The summed E-state index contributed by atoms with van der Waals surface area (Å²) in [6, 6.07) is 11.9. The summed E-state index contributed by atoms with van der Waals surface area (Å²) < 4.78 is 18.7. The fourth-order valence-electron chi connectivity index (χ4n) is 1.71. The summed E-state index contributed by atoms with van der Waals surface area (Å²) in [6.45, 7) is -0.378. The van der Waals surface area contributed by atoms with Crippen molar-refractivity contribution in [3.63, 3.8) is 0 Å². The van der Waals surface area contributed by atoms with Crippen molar-refractivity contribution >= 4 is 23.4 Å². The second kappa shape index (κ2) is 7.94. The largest absolute Gasteiger partial charge is 0.484 e. The van der Waals surface area contributed by atoms with Crippen LogP contribution in [-0.4, -0.2) is 18.4 Å². The molecule has 122 valence electrons. The molecule has 6 nitrogen and oxygen atoms in total. The Hall–Kier alpha value is -3.11. The van der Waals surface area contributed by atoms with E-state index in [1.54, 1.807) is 0 Å². The van der Waals surface area contributed by atoms with Gasteiger partial charge in [0.25, 0.3) is 11.8 Å². The number of halogens is 2. The van der Waals surface area contributed by atoms with Crippen molar-refractivity contribution < 1.29 is 18.7 Å². The molecule has 2 aromatic carbocycles. The number of hydrogen-bond acceptors (Lipinski definition) is 4. The summed E-state index contributed by atoms with van der Waals surface area (Å²) in [4.78, 5) is 23.4. The second-order valence-electron chi connectivity index (χ2n) is 4.52. The predicted octanol–water partition coefficient (Wildman–Crippen LogP) is 2.19. The van der Waals surface area contributed by atoms with Crippen LogP contribution in [0.25, 0.3) is 0 Å². The van der Waals surface area contributed by atoms with Gasteiger partial charge in [-0.05, 0) is 36.4 Å². The van der Waals surface area contributed by atoms with Gasteiger partial charge in [0.05, 0.1) is 22.2 Å². The van der Waals surface area contributed by atoms with Gasteiger partial charge in [0.1, 0.15) is 11.6 Å². The van der Waals surface area contributed by atoms with Gasteiger partial charge in [-0.2, -0.15) is 5.26 Å². The van der Waals surface area contributed by atoms with E-state index in [1.807, 2.05) is 11.5 Å². The van der Waals surface area contributed by atoms with Crippen molar-refractivity contribution in [2.45, 2.75) is 0 Å². The fourth-order valence-corrected chi connectivity index (χ4v) is 1.96. The highest BCUT2D eigenvalue weighted by molar-refractivity contribution is 6.33. The third-order valence-electron chi connectivity index (χ3n) is 2.86. The lowest BCUT2D eigenvalue weighted by Gasteiger charge is -2.10. The number of amides is 2. The molecule has 8 heteroatoms. The fraction of sp³-hybridized carbons (Fsp3) is 0.0625. The van der Waals surface area contributed by atoms with Crippen LogP contribution in [0.15, 0.2) is 42.5 Å². The van der Waals surface area contributed by atoms with E-state index in [0.29, 0.717) is 11.3 Å². The number of ether oxygens (including phenoxy) is 1. The monoisotopic (exact) mass is 347 g/mol. The van der Waals surface area contributed by atoms with E-state index in [1.165, 1.54) is 36.4 Å². The molecule has 0 aliphatic heterocycles. The van der Waals surface area contributed by atoms with E-state index in [2.05, 4.69) is 5.43 Å². The van der Waals surface area contributed by atoms with Gasteiger partial charge in [0.2, 0.25) is 0 Å². The van der Waals surface area contributed by atoms with Gasteiger partial charge < -0.3 is 4.74 Å². The molecule has 0 heterocycles. The summed E-state index contributed by atoms with van der Waals surface area (Å²) >= 11 is 5.74. The van der Waals surface area contributed by atoms with Crippen LogP contribution >= 0.6 is 11.6 Å². The van der Waals surface area contributed by atoms with Crippen LogP contribution < -0.4 is 15.6 Å². The second-order valence-corrected chi connectivity index (χ2v) is 4.93. The summed E-state index contributed by atoms with van der Waals surface area (Å²) in [5.74, 6) is -1.96. The van der Waals surface area contributed by atoms with Gasteiger partial charge in [-0.15, -0.1) is 0 Å². The van der Waals surface area contributed by atoms with Crippen molar-refractivity contribution in [1.29, 1.82) is 5.26 Å². The zero-order valence-corrected chi connectivity index (χ0v) is 12.9. The number of nitrogens with zero attached hydrogens (tertiary/aromatic N) is 1.